The molecule has 0 aromatic heterocycles. The molecule has 0 aromatic carbocycles. The Bertz CT molecular complexity index is 980. The van der Waals surface area contributed by atoms with E-state index in [0.29, 0.717) is 12.8 Å². The fraction of sp³-hybridized carbons (Fsp3) is 0.818. The van der Waals surface area contributed by atoms with E-state index in [4.69, 9.17) is 18.9 Å². The van der Waals surface area contributed by atoms with Gasteiger partial charge in [-0.2, -0.15) is 0 Å². The van der Waals surface area contributed by atoms with Gasteiger partial charge in [0.15, 0.2) is 12.4 Å². The van der Waals surface area contributed by atoms with E-state index in [1.807, 2.05) is 0 Å². The SMILES string of the molecule is CCCC/C=C/C/C=C/CCCCCCCC(=O)OC[C@H](CO[C@@H]1O[C@H](CO)[C@H](O)C(O)C1O)OC(=O)CCCCCCC/C=C/CCCCCCCC. The number of aliphatic hydroxyl groups excluding tert-OH is 4. The summed E-state index contributed by atoms with van der Waals surface area (Å²) in [7, 11) is 0. The van der Waals surface area contributed by atoms with Gasteiger partial charge < -0.3 is 39.4 Å². The summed E-state index contributed by atoms with van der Waals surface area (Å²) in [4.78, 5) is 25.3. The molecule has 0 spiro atoms. The van der Waals surface area contributed by atoms with E-state index in [2.05, 4.69) is 50.3 Å². The zero-order valence-electron chi connectivity index (χ0n) is 34.0. The molecule has 1 aliphatic heterocycles. The maximum Gasteiger partial charge on any atom is 0.306 e. The van der Waals surface area contributed by atoms with E-state index in [9.17, 15) is 30.0 Å². The van der Waals surface area contributed by atoms with Crippen LogP contribution >= 0.6 is 0 Å². The normalized spacial score (nSPS) is 21.0. The van der Waals surface area contributed by atoms with Gasteiger partial charge in [0.2, 0.25) is 0 Å². The van der Waals surface area contributed by atoms with Gasteiger partial charge in [-0.15, -0.1) is 0 Å². The Balaban J connectivity index is 2.37. The maximum absolute atomic E-state index is 12.7. The third-order valence-corrected chi connectivity index (χ3v) is 9.75. The van der Waals surface area contributed by atoms with Crippen LogP contribution in [0, 0.1) is 0 Å². The highest BCUT2D eigenvalue weighted by Crippen LogP contribution is 2.22. The lowest BCUT2D eigenvalue weighted by Gasteiger charge is -2.39. The second kappa shape index (κ2) is 35.3. The number of unbranched alkanes of at least 4 members (excludes halogenated alkanes) is 18. The molecular formula is C44H78O10. The first-order valence-electron chi connectivity index (χ1n) is 21.6. The van der Waals surface area contributed by atoms with Crippen LogP contribution in [0.2, 0.25) is 0 Å². The van der Waals surface area contributed by atoms with Crippen molar-refractivity contribution in [3.05, 3.63) is 36.5 Å². The number of hydrogen-bond donors (Lipinski definition) is 4. The van der Waals surface area contributed by atoms with E-state index >= 15 is 0 Å². The smallest absolute Gasteiger partial charge is 0.306 e. The molecule has 6 atom stereocenters. The van der Waals surface area contributed by atoms with Gasteiger partial charge in [-0.05, 0) is 64.2 Å². The predicted molar refractivity (Wildman–Crippen MR) is 215 cm³/mol. The molecule has 1 fully saturated rings. The molecule has 10 nitrogen and oxygen atoms in total. The van der Waals surface area contributed by atoms with Gasteiger partial charge in [-0.25, -0.2) is 0 Å². The quantitative estimate of drug-likeness (QED) is 0.0280. The number of ether oxygens (including phenoxy) is 4. The van der Waals surface area contributed by atoms with Crippen molar-refractivity contribution < 1.29 is 49.0 Å². The first-order chi connectivity index (χ1) is 26.3. The zero-order valence-corrected chi connectivity index (χ0v) is 34.0. The predicted octanol–water partition coefficient (Wildman–Crippen LogP) is 8.72. The van der Waals surface area contributed by atoms with Crippen LogP contribution in [0.5, 0.6) is 0 Å². The lowest BCUT2D eigenvalue weighted by molar-refractivity contribution is -0.305. The van der Waals surface area contributed by atoms with Crippen molar-refractivity contribution in [2.45, 2.75) is 211 Å². The fourth-order valence-electron chi connectivity index (χ4n) is 6.26. The Morgan fingerprint density at radius 1 is 0.574 bits per heavy atom. The largest absolute Gasteiger partial charge is 0.462 e. The molecule has 1 aliphatic rings. The number of hydrogen-bond acceptors (Lipinski definition) is 10. The second-order valence-corrected chi connectivity index (χ2v) is 14.8. The van der Waals surface area contributed by atoms with Crippen LogP contribution in [0.15, 0.2) is 36.5 Å². The first-order valence-corrected chi connectivity index (χ1v) is 21.6. The number of esters is 2. The topological polar surface area (TPSA) is 152 Å². The maximum atomic E-state index is 12.7. The molecule has 0 aliphatic carbocycles. The van der Waals surface area contributed by atoms with Gasteiger partial charge in [-0.3, -0.25) is 9.59 Å². The zero-order chi connectivity index (χ0) is 39.5. The summed E-state index contributed by atoms with van der Waals surface area (Å²) in [6.07, 6.45) is 31.5. The lowest BCUT2D eigenvalue weighted by atomic mass is 9.99. The van der Waals surface area contributed by atoms with Gasteiger partial charge in [0.25, 0.3) is 0 Å². The van der Waals surface area contributed by atoms with Crippen molar-refractivity contribution in [2.24, 2.45) is 0 Å². The second-order valence-electron chi connectivity index (χ2n) is 14.8. The molecule has 1 saturated heterocycles. The van der Waals surface area contributed by atoms with Crippen LogP contribution in [0.4, 0.5) is 0 Å². The molecule has 54 heavy (non-hydrogen) atoms. The van der Waals surface area contributed by atoms with E-state index in [-0.39, 0.29) is 26.1 Å². The molecule has 1 rings (SSSR count). The molecule has 1 heterocycles. The minimum Gasteiger partial charge on any atom is -0.462 e. The Morgan fingerprint density at radius 2 is 1.06 bits per heavy atom. The summed E-state index contributed by atoms with van der Waals surface area (Å²) in [5, 5.41) is 40.0. The standard InChI is InChI=1S/C44H78O10/c1-3-5-7-9-11-13-15-17-19-21-23-25-27-29-31-33-40(47)53-37(36-52-44-43(50)42(49)41(48)38(34-45)54-44)35-51-39(46)32-30-28-26-24-22-20-18-16-14-12-10-8-6-4-2/h10,12,16-19,37-38,41-45,48-50H,3-9,11,13-15,20-36H2,1-2H3/b12-10+,18-16+,19-17+/t37-,38-,41+,42?,43?,44-/m1/s1. The van der Waals surface area contributed by atoms with Crippen LogP contribution in [-0.2, 0) is 28.5 Å². The summed E-state index contributed by atoms with van der Waals surface area (Å²) in [6, 6.07) is 0. The highest BCUT2D eigenvalue weighted by atomic mass is 16.7. The number of rotatable bonds is 35. The lowest BCUT2D eigenvalue weighted by Crippen LogP contribution is -2.59. The van der Waals surface area contributed by atoms with E-state index in [0.717, 1.165) is 77.0 Å². The minimum atomic E-state index is -1.60. The van der Waals surface area contributed by atoms with E-state index < -0.39 is 55.4 Å². The van der Waals surface area contributed by atoms with Gasteiger partial charge in [0.1, 0.15) is 31.0 Å². The summed E-state index contributed by atoms with van der Waals surface area (Å²) in [5.74, 6) is -0.833. The molecule has 0 radical (unpaired) electrons. The van der Waals surface area contributed by atoms with Crippen LogP contribution in [0.1, 0.15) is 174 Å². The van der Waals surface area contributed by atoms with Crippen molar-refractivity contribution >= 4 is 11.9 Å². The third-order valence-electron chi connectivity index (χ3n) is 9.75. The Hall–Kier alpha value is -2.08. The molecule has 314 valence electrons. The fourth-order valence-corrected chi connectivity index (χ4v) is 6.26. The average molecular weight is 767 g/mol. The van der Waals surface area contributed by atoms with Crippen molar-refractivity contribution in [3.8, 4) is 0 Å². The van der Waals surface area contributed by atoms with Crippen LogP contribution < -0.4 is 0 Å². The van der Waals surface area contributed by atoms with Gasteiger partial charge >= 0.3 is 11.9 Å². The third kappa shape index (κ3) is 26.7. The summed E-state index contributed by atoms with van der Waals surface area (Å²) < 4.78 is 22.1. The molecule has 2 unspecified atom stereocenters. The van der Waals surface area contributed by atoms with Crippen molar-refractivity contribution in [3.63, 3.8) is 0 Å². The number of allylic oxidation sites excluding steroid dienone is 6. The molecule has 0 amide bonds. The molecule has 0 aromatic rings. The number of carbonyl (C=O) groups is 2. The Kier molecular flexibility index (Phi) is 32.7. The van der Waals surface area contributed by atoms with Crippen LogP contribution in [0.3, 0.4) is 0 Å². The molecule has 10 heteroatoms. The van der Waals surface area contributed by atoms with Crippen LogP contribution in [-0.4, -0.2) is 89.0 Å². The highest BCUT2D eigenvalue weighted by Gasteiger charge is 2.44. The first kappa shape index (κ1) is 49.9. The van der Waals surface area contributed by atoms with Gasteiger partial charge in [-0.1, -0.05) is 134 Å². The van der Waals surface area contributed by atoms with Crippen molar-refractivity contribution in [1.82, 2.24) is 0 Å². The highest BCUT2D eigenvalue weighted by molar-refractivity contribution is 5.70. The van der Waals surface area contributed by atoms with E-state index in [1.54, 1.807) is 0 Å². The van der Waals surface area contributed by atoms with Gasteiger partial charge in [0, 0.05) is 12.8 Å². The van der Waals surface area contributed by atoms with Gasteiger partial charge in [0.05, 0.1) is 13.2 Å². The van der Waals surface area contributed by atoms with Crippen molar-refractivity contribution in [2.75, 3.05) is 19.8 Å². The Labute approximate surface area is 327 Å². The summed E-state index contributed by atoms with van der Waals surface area (Å²) in [5.41, 5.74) is 0. The molecule has 0 saturated carbocycles. The molecular weight excluding hydrogens is 688 g/mol. The Morgan fingerprint density at radius 3 is 1.61 bits per heavy atom. The number of aliphatic hydroxyl groups is 4. The van der Waals surface area contributed by atoms with E-state index in [1.165, 1.54) is 57.8 Å². The van der Waals surface area contributed by atoms with Crippen LogP contribution in [0.25, 0.3) is 0 Å². The summed E-state index contributed by atoms with van der Waals surface area (Å²) >= 11 is 0. The minimum absolute atomic E-state index is 0.217. The molecule has 0 bridgehead atoms. The monoisotopic (exact) mass is 767 g/mol. The molecule has 4 N–H and O–H groups in total. The summed E-state index contributed by atoms with van der Waals surface area (Å²) in [6.45, 7) is 3.34. The number of carbonyl (C=O) groups excluding carboxylic acids is 2. The average Bonchev–Trinajstić information content (AvgIpc) is 3.17. The van der Waals surface area contributed by atoms with Crippen molar-refractivity contribution in [1.29, 1.82) is 0 Å².